The van der Waals surface area contributed by atoms with Gasteiger partial charge in [0.2, 0.25) is 15.9 Å². The fraction of sp³-hybridized carbons (Fsp3) is 0.417. The number of sulfonamides is 1. The van der Waals surface area contributed by atoms with Crippen LogP contribution in [0.2, 0.25) is 0 Å². The topological polar surface area (TPSA) is 75.3 Å². The van der Waals surface area contributed by atoms with Crippen molar-refractivity contribution in [3.05, 3.63) is 29.8 Å². The average Bonchev–Trinajstić information content (AvgIpc) is 3.22. The highest BCUT2D eigenvalue weighted by atomic mass is 79.9. The third-order valence-electron chi connectivity index (χ3n) is 2.81. The summed E-state index contributed by atoms with van der Waals surface area (Å²) in [6.45, 7) is 0.241. The Labute approximate surface area is 121 Å². The highest BCUT2D eigenvalue weighted by Crippen LogP contribution is 2.30. The van der Waals surface area contributed by atoms with E-state index in [9.17, 15) is 13.2 Å². The van der Waals surface area contributed by atoms with Crippen LogP contribution in [0.3, 0.4) is 0 Å². The molecule has 1 fully saturated rings. The molecule has 2 N–H and O–H groups in total. The summed E-state index contributed by atoms with van der Waals surface area (Å²) in [4.78, 5) is 11.5. The van der Waals surface area contributed by atoms with Crippen LogP contribution in [0.15, 0.2) is 24.3 Å². The van der Waals surface area contributed by atoms with Crippen LogP contribution in [0.5, 0.6) is 0 Å². The van der Waals surface area contributed by atoms with E-state index < -0.39 is 10.0 Å². The van der Waals surface area contributed by atoms with Crippen LogP contribution >= 0.6 is 15.9 Å². The van der Waals surface area contributed by atoms with E-state index in [0.29, 0.717) is 0 Å². The molecule has 0 spiro atoms. The van der Waals surface area contributed by atoms with Crippen LogP contribution in [0.1, 0.15) is 18.4 Å². The van der Waals surface area contributed by atoms with E-state index in [2.05, 4.69) is 26.0 Å². The first-order valence-corrected chi connectivity index (χ1v) is 8.70. The van der Waals surface area contributed by atoms with Crippen molar-refractivity contribution < 1.29 is 13.2 Å². The second kappa shape index (κ2) is 6.02. The maximum Gasteiger partial charge on any atom is 0.227 e. The number of anilines is 1. The molecule has 104 valence electrons. The molecule has 0 aliphatic heterocycles. The lowest BCUT2D eigenvalue weighted by Gasteiger charge is -2.07. The van der Waals surface area contributed by atoms with Gasteiger partial charge >= 0.3 is 0 Å². The van der Waals surface area contributed by atoms with Gasteiger partial charge in [0, 0.05) is 18.2 Å². The quantitative estimate of drug-likeness (QED) is 0.771. The molecule has 5 nitrogen and oxygen atoms in total. The Morgan fingerprint density at radius 3 is 2.42 bits per heavy atom. The summed E-state index contributed by atoms with van der Waals surface area (Å²) in [5, 5.41) is 2.83. The van der Waals surface area contributed by atoms with Crippen LogP contribution in [-0.4, -0.2) is 19.0 Å². The predicted octanol–water partition coefficient (Wildman–Crippen LogP) is 1.81. The Hall–Kier alpha value is -0.920. The first-order chi connectivity index (χ1) is 9.00. The minimum absolute atomic E-state index is 0.0627. The van der Waals surface area contributed by atoms with Gasteiger partial charge in [0.15, 0.2) is 0 Å². The van der Waals surface area contributed by atoms with Crippen molar-refractivity contribution >= 4 is 37.5 Å². The highest BCUT2D eigenvalue weighted by Gasteiger charge is 2.29. The number of rotatable bonds is 6. The molecule has 0 bridgehead atoms. The first-order valence-electron chi connectivity index (χ1n) is 5.93. The largest absolute Gasteiger partial charge is 0.326 e. The van der Waals surface area contributed by atoms with Crippen LogP contribution < -0.4 is 10.0 Å². The minimum atomic E-state index is -3.25. The Bertz CT molecular complexity index is 553. The summed E-state index contributed by atoms with van der Waals surface area (Å²) < 4.78 is 24.8. The Balaban J connectivity index is 1.89. The molecule has 2 rings (SSSR count). The van der Waals surface area contributed by atoms with E-state index in [0.717, 1.165) is 24.1 Å². The fourth-order valence-corrected chi connectivity index (χ4v) is 2.48. The summed E-state index contributed by atoms with van der Waals surface area (Å²) in [6, 6.07) is 7.13. The minimum Gasteiger partial charge on any atom is -0.326 e. The molecule has 0 saturated heterocycles. The molecule has 0 radical (unpaired) electrons. The molecule has 1 aliphatic carbocycles. The summed E-state index contributed by atoms with van der Waals surface area (Å²) in [5.41, 5.74) is 1.58. The summed E-state index contributed by atoms with van der Waals surface area (Å²) >= 11 is 2.90. The maximum absolute atomic E-state index is 11.5. The Morgan fingerprint density at radius 1 is 1.26 bits per heavy atom. The zero-order chi connectivity index (χ0) is 13.9. The second-order valence-corrected chi connectivity index (χ2v) is 7.62. The van der Waals surface area contributed by atoms with Crippen molar-refractivity contribution in [3.8, 4) is 0 Å². The van der Waals surface area contributed by atoms with E-state index in [4.69, 9.17) is 0 Å². The molecule has 7 heteroatoms. The van der Waals surface area contributed by atoms with E-state index in [-0.39, 0.29) is 23.0 Å². The molecule has 0 unspecified atom stereocenters. The highest BCUT2D eigenvalue weighted by molar-refractivity contribution is 9.10. The summed E-state index contributed by atoms with van der Waals surface area (Å²) in [6.07, 6.45) is 1.94. The number of halogens is 1. The number of carbonyl (C=O) groups excluding carboxylic acids is 1. The number of hydrogen-bond donors (Lipinski definition) is 2. The van der Waals surface area contributed by atoms with Crippen molar-refractivity contribution in [3.63, 3.8) is 0 Å². The number of alkyl halides is 1. The van der Waals surface area contributed by atoms with Crippen LogP contribution in [0, 0.1) is 5.92 Å². The van der Waals surface area contributed by atoms with Gasteiger partial charge in [-0.1, -0.05) is 28.1 Å². The molecule has 1 aromatic carbocycles. The Kier molecular flexibility index (Phi) is 4.59. The fourth-order valence-electron chi connectivity index (χ4n) is 1.53. The number of hydrogen-bond acceptors (Lipinski definition) is 3. The smallest absolute Gasteiger partial charge is 0.227 e. The van der Waals surface area contributed by atoms with Crippen LogP contribution in [0.4, 0.5) is 5.69 Å². The van der Waals surface area contributed by atoms with E-state index in [1.54, 1.807) is 24.3 Å². The van der Waals surface area contributed by atoms with Gasteiger partial charge in [-0.2, -0.15) is 0 Å². The third-order valence-corrected chi connectivity index (χ3v) is 5.49. The number of carbonyl (C=O) groups is 1. The van der Waals surface area contributed by atoms with Gasteiger partial charge in [-0.05, 0) is 30.5 Å². The lowest BCUT2D eigenvalue weighted by atomic mass is 10.2. The molecule has 0 atom stereocenters. The molecule has 1 aromatic rings. The molecule has 1 amide bonds. The van der Waals surface area contributed by atoms with E-state index >= 15 is 0 Å². The predicted molar refractivity (Wildman–Crippen MR) is 77.3 cm³/mol. The van der Waals surface area contributed by atoms with Crippen molar-refractivity contribution in [1.29, 1.82) is 0 Å². The lowest BCUT2D eigenvalue weighted by molar-refractivity contribution is -0.117. The Morgan fingerprint density at radius 2 is 1.89 bits per heavy atom. The number of nitrogens with one attached hydrogen (secondary N) is 2. The van der Waals surface area contributed by atoms with Crippen LogP contribution in [-0.2, 0) is 21.4 Å². The van der Waals surface area contributed by atoms with Gasteiger partial charge in [0.1, 0.15) is 4.66 Å². The molecule has 1 aliphatic rings. The number of amides is 1. The standard InChI is InChI=1S/C12H15BrN2O3S/c13-8-19(17,18)14-7-9-1-5-11(6-2-9)15-12(16)10-3-4-10/h1-2,5-6,10,14H,3-4,7-8H2,(H,15,16). The van der Waals surface area contributed by atoms with Gasteiger partial charge in [-0.25, -0.2) is 13.1 Å². The van der Waals surface area contributed by atoms with Gasteiger partial charge in [0.25, 0.3) is 0 Å². The summed E-state index contributed by atoms with van der Waals surface area (Å²) in [7, 11) is -3.25. The SMILES string of the molecule is O=C(Nc1ccc(CNS(=O)(=O)CBr)cc1)C1CC1. The second-order valence-electron chi connectivity index (χ2n) is 4.51. The van der Waals surface area contributed by atoms with Crippen molar-refractivity contribution in [2.24, 2.45) is 5.92 Å². The molecular formula is C12H15BrN2O3S. The zero-order valence-electron chi connectivity index (χ0n) is 10.2. The van der Waals surface area contributed by atoms with Gasteiger partial charge in [0.05, 0.1) is 0 Å². The van der Waals surface area contributed by atoms with E-state index in [1.165, 1.54) is 0 Å². The normalized spacial score (nSPS) is 15.2. The van der Waals surface area contributed by atoms with Crippen molar-refractivity contribution in [1.82, 2.24) is 4.72 Å². The molecule has 0 aromatic heterocycles. The third kappa shape index (κ3) is 4.59. The molecule has 1 saturated carbocycles. The van der Waals surface area contributed by atoms with Crippen molar-refractivity contribution in [2.75, 3.05) is 9.98 Å². The average molecular weight is 347 g/mol. The van der Waals surface area contributed by atoms with Gasteiger partial charge in [-0.3, -0.25) is 4.79 Å². The van der Waals surface area contributed by atoms with Crippen LogP contribution in [0.25, 0.3) is 0 Å². The maximum atomic E-state index is 11.5. The number of benzene rings is 1. The lowest BCUT2D eigenvalue weighted by Crippen LogP contribution is -2.23. The van der Waals surface area contributed by atoms with Crippen molar-refractivity contribution in [2.45, 2.75) is 19.4 Å². The first kappa shape index (κ1) is 14.5. The molecule has 19 heavy (non-hydrogen) atoms. The van der Waals surface area contributed by atoms with E-state index in [1.807, 2.05) is 0 Å². The van der Waals surface area contributed by atoms with Gasteiger partial charge in [-0.15, -0.1) is 0 Å². The molecular weight excluding hydrogens is 332 g/mol. The van der Waals surface area contributed by atoms with Gasteiger partial charge < -0.3 is 5.32 Å². The monoisotopic (exact) mass is 346 g/mol. The summed E-state index contributed by atoms with van der Waals surface area (Å²) in [5.74, 6) is 0.234. The molecule has 0 heterocycles. The zero-order valence-corrected chi connectivity index (χ0v) is 12.6.